The van der Waals surface area contributed by atoms with Crippen LogP contribution in [0.1, 0.15) is 43.0 Å². The van der Waals surface area contributed by atoms with Gasteiger partial charge in [0.1, 0.15) is 0 Å². The zero-order valence-corrected chi connectivity index (χ0v) is 12.5. The lowest BCUT2D eigenvalue weighted by molar-refractivity contribution is 0.214. The summed E-state index contributed by atoms with van der Waals surface area (Å²) in [7, 11) is 2.19. The van der Waals surface area contributed by atoms with Crippen molar-refractivity contribution < 1.29 is 0 Å². The normalized spacial score (nSPS) is 14.8. The second-order valence-electron chi connectivity index (χ2n) is 5.49. The monoisotopic (exact) mass is 248 g/mol. The van der Waals surface area contributed by atoms with Crippen molar-refractivity contribution in [2.24, 2.45) is 11.7 Å². The van der Waals surface area contributed by atoms with E-state index in [0.29, 0.717) is 18.5 Å². The minimum absolute atomic E-state index is 0.332. The summed E-state index contributed by atoms with van der Waals surface area (Å²) >= 11 is 0. The number of hydrogen-bond donors (Lipinski definition) is 1. The zero-order chi connectivity index (χ0) is 13.7. The van der Waals surface area contributed by atoms with E-state index in [-0.39, 0.29) is 0 Å². The molecule has 2 atom stereocenters. The highest BCUT2D eigenvalue weighted by Crippen LogP contribution is 2.24. The van der Waals surface area contributed by atoms with Gasteiger partial charge in [-0.3, -0.25) is 4.90 Å². The van der Waals surface area contributed by atoms with Gasteiger partial charge in [0.15, 0.2) is 0 Å². The Balaban J connectivity index is 2.91. The Kier molecular flexibility index (Phi) is 5.83. The second-order valence-corrected chi connectivity index (χ2v) is 5.49. The SMILES string of the molecule is CCC(C)CN(C)C(CN)c1cccc(C)c1C. The average molecular weight is 248 g/mol. The number of hydrogen-bond acceptors (Lipinski definition) is 2. The van der Waals surface area contributed by atoms with Gasteiger partial charge in [-0.1, -0.05) is 38.5 Å². The Labute approximate surface area is 112 Å². The molecule has 0 aliphatic carbocycles. The summed E-state index contributed by atoms with van der Waals surface area (Å²) in [4.78, 5) is 2.40. The molecule has 102 valence electrons. The lowest BCUT2D eigenvalue weighted by Gasteiger charge is -2.31. The van der Waals surface area contributed by atoms with Crippen LogP contribution in [0.4, 0.5) is 0 Å². The lowest BCUT2D eigenvalue weighted by atomic mass is 9.96. The van der Waals surface area contributed by atoms with Crippen molar-refractivity contribution in [1.29, 1.82) is 0 Å². The van der Waals surface area contributed by atoms with Gasteiger partial charge < -0.3 is 5.73 Å². The Morgan fingerprint density at radius 3 is 2.50 bits per heavy atom. The van der Waals surface area contributed by atoms with Crippen molar-refractivity contribution in [2.45, 2.75) is 40.2 Å². The van der Waals surface area contributed by atoms with Gasteiger partial charge in [-0.25, -0.2) is 0 Å². The summed E-state index contributed by atoms with van der Waals surface area (Å²) in [5, 5.41) is 0. The van der Waals surface area contributed by atoms with Gasteiger partial charge >= 0.3 is 0 Å². The van der Waals surface area contributed by atoms with Gasteiger partial charge in [0.05, 0.1) is 0 Å². The van der Waals surface area contributed by atoms with Gasteiger partial charge in [-0.05, 0) is 43.5 Å². The first-order valence-electron chi connectivity index (χ1n) is 6.97. The smallest absolute Gasteiger partial charge is 0.0470 e. The second kappa shape index (κ2) is 6.91. The molecule has 0 saturated carbocycles. The van der Waals surface area contributed by atoms with Crippen LogP contribution in [0.15, 0.2) is 18.2 Å². The van der Waals surface area contributed by atoms with Crippen molar-refractivity contribution in [1.82, 2.24) is 4.90 Å². The summed E-state index contributed by atoms with van der Waals surface area (Å²) in [5.74, 6) is 0.717. The van der Waals surface area contributed by atoms with Crippen LogP contribution in [0.3, 0.4) is 0 Å². The maximum Gasteiger partial charge on any atom is 0.0470 e. The van der Waals surface area contributed by atoms with Gasteiger partial charge in [0, 0.05) is 19.1 Å². The molecule has 0 heterocycles. The van der Waals surface area contributed by atoms with Crippen LogP contribution < -0.4 is 5.73 Å². The molecule has 1 aromatic carbocycles. The van der Waals surface area contributed by atoms with Crippen LogP contribution in [0, 0.1) is 19.8 Å². The molecule has 1 rings (SSSR count). The number of nitrogens with two attached hydrogens (primary N) is 1. The van der Waals surface area contributed by atoms with Gasteiger partial charge in [0.25, 0.3) is 0 Å². The summed E-state index contributed by atoms with van der Waals surface area (Å²) < 4.78 is 0. The fourth-order valence-electron chi connectivity index (χ4n) is 2.43. The molecule has 2 unspecified atom stereocenters. The summed E-state index contributed by atoms with van der Waals surface area (Å²) in [5.41, 5.74) is 10.1. The van der Waals surface area contributed by atoms with E-state index in [1.807, 2.05) is 0 Å². The standard InChI is InChI=1S/C16H28N2/c1-6-12(2)11-18(5)16(10-17)15-9-7-8-13(3)14(15)4/h7-9,12,16H,6,10-11,17H2,1-5H3. The van der Waals surface area contributed by atoms with Crippen molar-refractivity contribution in [3.05, 3.63) is 34.9 Å². The molecule has 2 N–H and O–H groups in total. The number of aryl methyl sites for hydroxylation is 1. The van der Waals surface area contributed by atoms with E-state index < -0.39 is 0 Å². The van der Waals surface area contributed by atoms with Gasteiger partial charge in [-0.15, -0.1) is 0 Å². The third-order valence-electron chi connectivity index (χ3n) is 4.06. The molecule has 0 aromatic heterocycles. The van der Waals surface area contributed by atoms with E-state index in [1.54, 1.807) is 0 Å². The minimum Gasteiger partial charge on any atom is -0.329 e. The molecule has 2 heteroatoms. The lowest BCUT2D eigenvalue weighted by Crippen LogP contribution is -2.34. The molecule has 0 aliphatic heterocycles. The highest BCUT2D eigenvalue weighted by Gasteiger charge is 2.19. The maximum atomic E-state index is 6.00. The fourth-order valence-corrected chi connectivity index (χ4v) is 2.43. The van der Waals surface area contributed by atoms with Gasteiger partial charge in [0.2, 0.25) is 0 Å². The van der Waals surface area contributed by atoms with E-state index in [4.69, 9.17) is 5.73 Å². The third kappa shape index (κ3) is 3.56. The van der Waals surface area contributed by atoms with Gasteiger partial charge in [-0.2, -0.15) is 0 Å². The first-order chi connectivity index (χ1) is 8.51. The first-order valence-corrected chi connectivity index (χ1v) is 6.97. The number of nitrogens with zero attached hydrogens (tertiary/aromatic N) is 1. The van der Waals surface area contributed by atoms with E-state index in [0.717, 1.165) is 6.54 Å². The summed E-state index contributed by atoms with van der Waals surface area (Å²) in [6, 6.07) is 6.85. The van der Waals surface area contributed by atoms with Crippen LogP contribution in [-0.2, 0) is 0 Å². The van der Waals surface area contributed by atoms with E-state index >= 15 is 0 Å². The topological polar surface area (TPSA) is 29.3 Å². The Bertz CT molecular complexity index is 373. The quantitative estimate of drug-likeness (QED) is 0.837. The molecule has 0 fully saturated rings. The molecule has 1 aromatic rings. The van der Waals surface area contributed by atoms with E-state index in [1.165, 1.54) is 23.1 Å². The molecule has 2 nitrogen and oxygen atoms in total. The predicted octanol–water partition coefficient (Wildman–Crippen LogP) is 3.28. The Morgan fingerprint density at radius 2 is 1.94 bits per heavy atom. The molecule has 0 radical (unpaired) electrons. The van der Waals surface area contributed by atoms with Crippen LogP contribution in [0.5, 0.6) is 0 Å². The minimum atomic E-state index is 0.332. The molecule has 0 bridgehead atoms. The molecule has 0 saturated heterocycles. The summed E-state index contributed by atoms with van der Waals surface area (Å²) in [6.45, 7) is 10.7. The highest BCUT2D eigenvalue weighted by atomic mass is 15.1. The van der Waals surface area contributed by atoms with Crippen molar-refractivity contribution in [2.75, 3.05) is 20.1 Å². The molecule has 0 spiro atoms. The summed E-state index contributed by atoms with van der Waals surface area (Å²) in [6.07, 6.45) is 1.22. The third-order valence-corrected chi connectivity index (χ3v) is 4.06. The van der Waals surface area contributed by atoms with E-state index in [9.17, 15) is 0 Å². The van der Waals surface area contributed by atoms with Crippen LogP contribution in [0.2, 0.25) is 0 Å². The highest BCUT2D eigenvalue weighted by molar-refractivity contribution is 5.35. The maximum absolute atomic E-state index is 6.00. The zero-order valence-electron chi connectivity index (χ0n) is 12.5. The Hall–Kier alpha value is -0.860. The van der Waals surface area contributed by atoms with Crippen molar-refractivity contribution >= 4 is 0 Å². The van der Waals surface area contributed by atoms with Crippen LogP contribution in [0.25, 0.3) is 0 Å². The van der Waals surface area contributed by atoms with Crippen LogP contribution in [-0.4, -0.2) is 25.0 Å². The van der Waals surface area contributed by atoms with Crippen LogP contribution >= 0.6 is 0 Å². The number of benzene rings is 1. The van der Waals surface area contributed by atoms with E-state index in [2.05, 4.69) is 57.8 Å². The fraction of sp³-hybridized carbons (Fsp3) is 0.625. The van der Waals surface area contributed by atoms with Crippen molar-refractivity contribution in [3.63, 3.8) is 0 Å². The Morgan fingerprint density at radius 1 is 1.28 bits per heavy atom. The average Bonchev–Trinajstić information content (AvgIpc) is 2.35. The molecule has 0 amide bonds. The number of likely N-dealkylation sites (N-methyl/N-ethyl adjacent to an activating group) is 1. The number of rotatable bonds is 6. The predicted molar refractivity (Wildman–Crippen MR) is 79.8 cm³/mol. The molecular weight excluding hydrogens is 220 g/mol. The molecule has 0 aliphatic rings. The van der Waals surface area contributed by atoms with Crippen molar-refractivity contribution in [3.8, 4) is 0 Å². The largest absolute Gasteiger partial charge is 0.329 e. The first kappa shape index (κ1) is 15.2. The molecule has 18 heavy (non-hydrogen) atoms. The molecular formula is C16H28N2.